The van der Waals surface area contributed by atoms with Crippen LogP contribution in [-0.4, -0.2) is 49.2 Å². The van der Waals surface area contributed by atoms with Crippen LogP contribution in [0.2, 0.25) is 0 Å². The van der Waals surface area contributed by atoms with Crippen molar-refractivity contribution in [2.45, 2.75) is 32.4 Å². The Morgan fingerprint density at radius 2 is 2.50 bits per heavy atom. The lowest BCUT2D eigenvalue weighted by Gasteiger charge is -2.30. The number of rotatable bonds is 4. The first-order chi connectivity index (χ1) is 7.67. The van der Waals surface area contributed by atoms with Crippen LogP contribution in [0.15, 0.2) is 0 Å². The molecule has 0 radical (unpaired) electrons. The SMILES string of the molecule is CCNC(C)CC(=O)N1CCOC(C#N)C1. The number of ether oxygens (including phenoxy) is 1. The Balaban J connectivity index is 2.39. The van der Waals surface area contributed by atoms with Gasteiger partial charge in [0.05, 0.1) is 19.2 Å². The Labute approximate surface area is 96.4 Å². The minimum atomic E-state index is -0.466. The smallest absolute Gasteiger partial charge is 0.224 e. The number of hydrogen-bond acceptors (Lipinski definition) is 4. The van der Waals surface area contributed by atoms with E-state index in [9.17, 15) is 4.79 Å². The van der Waals surface area contributed by atoms with E-state index in [1.807, 2.05) is 19.9 Å². The lowest BCUT2D eigenvalue weighted by atomic mass is 10.2. The number of nitrogens with zero attached hydrogens (tertiary/aromatic N) is 2. The maximum absolute atomic E-state index is 11.9. The molecular formula is C11H19N3O2. The zero-order chi connectivity index (χ0) is 12.0. The van der Waals surface area contributed by atoms with Crippen LogP contribution >= 0.6 is 0 Å². The molecule has 90 valence electrons. The third kappa shape index (κ3) is 3.80. The van der Waals surface area contributed by atoms with Crippen molar-refractivity contribution < 1.29 is 9.53 Å². The van der Waals surface area contributed by atoms with E-state index in [4.69, 9.17) is 10.00 Å². The second-order valence-electron chi connectivity index (χ2n) is 3.99. The number of carbonyl (C=O) groups is 1. The maximum Gasteiger partial charge on any atom is 0.224 e. The predicted molar refractivity (Wildman–Crippen MR) is 59.7 cm³/mol. The average molecular weight is 225 g/mol. The molecule has 2 atom stereocenters. The minimum absolute atomic E-state index is 0.0944. The van der Waals surface area contributed by atoms with Crippen molar-refractivity contribution in [2.24, 2.45) is 0 Å². The van der Waals surface area contributed by atoms with Crippen molar-refractivity contribution >= 4 is 5.91 Å². The van der Waals surface area contributed by atoms with Gasteiger partial charge in [-0.1, -0.05) is 6.92 Å². The lowest BCUT2D eigenvalue weighted by Crippen LogP contribution is -2.46. The van der Waals surface area contributed by atoms with Gasteiger partial charge in [0, 0.05) is 19.0 Å². The van der Waals surface area contributed by atoms with Gasteiger partial charge in [-0.3, -0.25) is 4.79 Å². The molecule has 0 aromatic carbocycles. The molecule has 5 nitrogen and oxygen atoms in total. The third-order valence-corrected chi connectivity index (χ3v) is 2.60. The van der Waals surface area contributed by atoms with E-state index in [1.54, 1.807) is 4.90 Å². The molecule has 0 aromatic rings. The highest BCUT2D eigenvalue weighted by Crippen LogP contribution is 2.07. The summed E-state index contributed by atoms with van der Waals surface area (Å²) in [5, 5.41) is 11.9. The molecule has 1 heterocycles. The van der Waals surface area contributed by atoms with Crippen LogP contribution in [0.1, 0.15) is 20.3 Å². The molecule has 2 unspecified atom stereocenters. The number of nitriles is 1. The van der Waals surface area contributed by atoms with Gasteiger partial charge in [0.15, 0.2) is 6.10 Å². The Morgan fingerprint density at radius 1 is 1.75 bits per heavy atom. The summed E-state index contributed by atoms with van der Waals surface area (Å²) in [7, 11) is 0. The van der Waals surface area contributed by atoms with Crippen LogP contribution in [0.3, 0.4) is 0 Å². The Morgan fingerprint density at radius 3 is 3.12 bits per heavy atom. The summed E-state index contributed by atoms with van der Waals surface area (Å²) in [5.41, 5.74) is 0. The monoisotopic (exact) mass is 225 g/mol. The van der Waals surface area contributed by atoms with E-state index < -0.39 is 6.10 Å². The van der Waals surface area contributed by atoms with E-state index in [1.165, 1.54) is 0 Å². The topological polar surface area (TPSA) is 65.4 Å². The Hall–Kier alpha value is -1.12. The van der Waals surface area contributed by atoms with E-state index in [0.29, 0.717) is 26.1 Å². The number of hydrogen-bond donors (Lipinski definition) is 1. The quantitative estimate of drug-likeness (QED) is 0.738. The van der Waals surface area contributed by atoms with Gasteiger partial charge in [-0.05, 0) is 13.5 Å². The van der Waals surface area contributed by atoms with Crippen molar-refractivity contribution in [1.82, 2.24) is 10.2 Å². The second-order valence-corrected chi connectivity index (χ2v) is 3.99. The van der Waals surface area contributed by atoms with Gasteiger partial charge >= 0.3 is 0 Å². The highest BCUT2D eigenvalue weighted by molar-refractivity contribution is 5.77. The van der Waals surface area contributed by atoms with Gasteiger partial charge in [0.25, 0.3) is 0 Å². The van der Waals surface area contributed by atoms with E-state index in [2.05, 4.69) is 5.32 Å². The molecule has 0 bridgehead atoms. The molecule has 0 aromatic heterocycles. The maximum atomic E-state index is 11.9. The van der Waals surface area contributed by atoms with Gasteiger partial charge in [-0.25, -0.2) is 0 Å². The summed E-state index contributed by atoms with van der Waals surface area (Å²) >= 11 is 0. The van der Waals surface area contributed by atoms with Gasteiger partial charge in [0.1, 0.15) is 0 Å². The second kappa shape index (κ2) is 6.46. The van der Waals surface area contributed by atoms with Crippen molar-refractivity contribution in [3.63, 3.8) is 0 Å². The molecule has 1 aliphatic rings. The van der Waals surface area contributed by atoms with Crippen molar-refractivity contribution in [1.29, 1.82) is 5.26 Å². The van der Waals surface area contributed by atoms with Crippen molar-refractivity contribution in [3.8, 4) is 6.07 Å². The molecule has 1 N–H and O–H groups in total. The van der Waals surface area contributed by atoms with Crippen LogP contribution < -0.4 is 5.32 Å². The Bertz CT molecular complexity index is 275. The third-order valence-electron chi connectivity index (χ3n) is 2.60. The van der Waals surface area contributed by atoms with Crippen molar-refractivity contribution in [2.75, 3.05) is 26.2 Å². The zero-order valence-electron chi connectivity index (χ0n) is 9.90. The molecule has 1 saturated heterocycles. The first-order valence-electron chi connectivity index (χ1n) is 5.69. The minimum Gasteiger partial charge on any atom is -0.360 e. The lowest BCUT2D eigenvalue weighted by molar-refractivity contribution is -0.137. The van der Waals surface area contributed by atoms with E-state index in [0.717, 1.165) is 6.54 Å². The van der Waals surface area contributed by atoms with E-state index in [-0.39, 0.29) is 11.9 Å². The fourth-order valence-electron chi connectivity index (χ4n) is 1.77. The van der Waals surface area contributed by atoms with Crippen LogP contribution in [0.25, 0.3) is 0 Å². The molecule has 0 saturated carbocycles. The van der Waals surface area contributed by atoms with Crippen LogP contribution in [-0.2, 0) is 9.53 Å². The first kappa shape index (κ1) is 12.9. The van der Waals surface area contributed by atoms with Gasteiger partial charge in [-0.2, -0.15) is 5.26 Å². The number of amides is 1. The zero-order valence-corrected chi connectivity index (χ0v) is 9.90. The molecular weight excluding hydrogens is 206 g/mol. The van der Waals surface area contributed by atoms with Crippen LogP contribution in [0.4, 0.5) is 0 Å². The van der Waals surface area contributed by atoms with Crippen molar-refractivity contribution in [3.05, 3.63) is 0 Å². The van der Waals surface area contributed by atoms with Crippen LogP contribution in [0.5, 0.6) is 0 Å². The number of carbonyl (C=O) groups excluding carboxylic acids is 1. The summed E-state index contributed by atoms with van der Waals surface area (Å²) in [6.45, 7) is 6.31. The first-order valence-corrected chi connectivity index (χ1v) is 5.69. The van der Waals surface area contributed by atoms with Gasteiger partial charge < -0.3 is 15.0 Å². The Kier molecular flexibility index (Phi) is 5.23. The average Bonchev–Trinajstić information content (AvgIpc) is 2.29. The molecule has 0 spiro atoms. The normalized spacial score (nSPS) is 22.6. The fraction of sp³-hybridized carbons (Fsp3) is 0.818. The largest absolute Gasteiger partial charge is 0.360 e. The summed E-state index contributed by atoms with van der Waals surface area (Å²) < 4.78 is 5.19. The summed E-state index contributed by atoms with van der Waals surface area (Å²) in [4.78, 5) is 13.6. The number of nitrogens with one attached hydrogen (secondary N) is 1. The number of morpholine rings is 1. The molecule has 5 heteroatoms. The fourth-order valence-corrected chi connectivity index (χ4v) is 1.77. The summed E-state index contributed by atoms with van der Waals surface area (Å²) in [6, 6.07) is 2.22. The molecule has 0 aliphatic carbocycles. The molecule has 1 amide bonds. The van der Waals surface area contributed by atoms with E-state index >= 15 is 0 Å². The standard InChI is InChI=1S/C11H19N3O2/c1-3-13-9(2)6-11(15)14-4-5-16-10(7-12)8-14/h9-10,13H,3-6,8H2,1-2H3. The highest BCUT2D eigenvalue weighted by atomic mass is 16.5. The predicted octanol–water partition coefficient (Wildman–Crippen LogP) is 0.125. The van der Waals surface area contributed by atoms with Gasteiger partial charge in [-0.15, -0.1) is 0 Å². The summed E-state index contributed by atoms with van der Waals surface area (Å²) in [6.07, 6.45) is 0.0126. The molecule has 1 fully saturated rings. The molecule has 1 aliphatic heterocycles. The molecule has 16 heavy (non-hydrogen) atoms. The summed E-state index contributed by atoms with van der Waals surface area (Å²) in [5.74, 6) is 0.0944. The van der Waals surface area contributed by atoms with Crippen LogP contribution in [0, 0.1) is 11.3 Å². The highest BCUT2D eigenvalue weighted by Gasteiger charge is 2.24. The molecule has 1 rings (SSSR count). The van der Waals surface area contributed by atoms with Gasteiger partial charge in [0.2, 0.25) is 5.91 Å².